The number of aromatic nitrogens is 3. The summed E-state index contributed by atoms with van der Waals surface area (Å²) in [4.78, 5) is 28.1. The first-order valence-corrected chi connectivity index (χ1v) is 11.2. The highest BCUT2D eigenvalue weighted by molar-refractivity contribution is 7.71. The summed E-state index contributed by atoms with van der Waals surface area (Å²) in [5.74, 6) is 0.803. The molecular weight excluding hydrogens is 418 g/mol. The first kappa shape index (κ1) is 20.5. The molecular formula is C21H23N5O2S2. The Morgan fingerprint density at radius 3 is 2.63 bits per heavy atom. The van der Waals surface area contributed by atoms with E-state index in [1.54, 1.807) is 11.3 Å². The third-order valence-electron chi connectivity index (χ3n) is 5.31. The molecule has 2 N–H and O–H groups in total. The fourth-order valence-electron chi connectivity index (χ4n) is 3.64. The molecule has 0 atom stereocenters. The Balaban J connectivity index is 1.29. The summed E-state index contributed by atoms with van der Waals surface area (Å²) in [6.45, 7) is 1.68. The number of nitrogens with zero attached hydrogens (tertiary/aromatic N) is 3. The van der Waals surface area contributed by atoms with Gasteiger partial charge in [0.05, 0.1) is 4.88 Å². The first-order valence-electron chi connectivity index (χ1n) is 9.94. The maximum atomic E-state index is 12.7. The van der Waals surface area contributed by atoms with Gasteiger partial charge in [-0.05, 0) is 48.6 Å². The normalized spacial score (nSPS) is 14.6. The molecule has 3 aromatic rings. The highest BCUT2D eigenvalue weighted by Crippen LogP contribution is 2.24. The lowest BCUT2D eigenvalue weighted by Crippen LogP contribution is -2.41. The number of aromatic amines is 1. The van der Waals surface area contributed by atoms with Gasteiger partial charge in [-0.25, -0.2) is 0 Å². The Bertz CT molecular complexity index is 1050. The van der Waals surface area contributed by atoms with Crippen LogP contribution in [0.15, 0.2) is 47.8 Å². The standard InChI is InChI=1S/C21H23N5O2S2/c27-18(10-13-26-19(23-24-21(26)29)17-7-4-14-30-17)25-11-8-15(9-12-25)20(28)22-16-5-2-1-3-6-16/h1-7,14-15H,8-13H2,(H,22,28)(H,24,29). The molecule has 30 heavy (non-hydrogen) atoms. The summed E-state index contributed by atoms with van der Waals surface area (Å²) in [7, 11) is 0. The summed E-state index contributed by atoms with van der Waals surface area (Å²) in [5, 5.41) is 12.1. The second kappa shape index (κ2) is 9.36. The van der Waals surface area contributed by atoms with Gasteiger partial charge in [0.15, 0.2) is 10.6 Å². The Morgan fingerprint density at radius 1 is 1.17 bits per heavy atom. The first-order chi connectivity index (χ1) is 14.6. The van der Waals surface area contributed by atoms with Crippen molar-refractivity contribution in [3.8, 4) is 10.7 Å². The number of benzene rings is 1. The van der Waals surface area contributed by atoms with Crippen LogP contribution in [0.5, 0.6) is 0 Å². The summed E-state index contributed by atoms with van der Waals surface area (Å²) >= 11 is 6.92. The van der Waals surface area contributed by atoms with Crippen LogP contribution in [0.2, 0.25) is 0 Å². The van der Waals surface area contributed by atoms with Gasteiger partial charge in [-0.3, -0.25) is 19.3 Å². The zero-order valence-corrected chi connectivity index (χ0v) is 18.0. The van der Waals surface area contributed by atoms with E-state index in [-0.39, 0.29) is 17.7 Å². The molecule has 1 aliphatic rings. The van der Waals surface area contributed by atoms with E-state index in [9.17, 15) is 9.59 Å². The van der Waals surface area contributed by atoms with Crippen molar-refractivity contribution in [2.24, 2.45) is 5.92 Å². The van der Waals surface area contributed by atoms with E-state index in [4.69, 9.17) is 12.2 Å². The van der Waals surface area contributed by atoms with Crippen molar-refractivity contribution in [2.45, 2.75) is 25.8 Å². The lowest BCUT2D eigenvalue weighted by Gasteiger charge is -2.31. The molecule has 7 nitrogen and oxygen atoms in total. The summed E-state index contributed by atoms with van der Waals surface area (Å²) in [5.41, 5.74) is 0.805. The maximum absolute atomic E-state index is 12.7. The molecule has 156 valence electrons. The van der Waals surface area contributed by atoms with E-state index >= 15 is 0 Å². The number of carbonyl (C=O) groups excluding carboxylic acids is 2. The van der Waals surface area contributed by atoms with Gasteiger partial charge in [-0.1, -0.05) is 24.3 Å². The monoisotopic (exact) mass is 441 g/mol. The minimum Gasteiger partial charge on any atom is -0.343 e. The molecule has 0 aliphatic carbocycles. The van der Waals surface area contributed by atoms with Crippen molar-refractivity contribution >= 4 is 41.1 Å². The van der Waals surface area contributed by atoms with Gasteiger partial charge >= 0.3 is 0 Å². The third kappa shape index (κ3) is 4.68. The number of nitrogens with one attached hydrogen (secondary N) is 2. The molecule has 0 bridgehead atoms. The largest absolute Gasteiger partial charge is 0.343 e. The van der Waals surface area contributed by atoms with Crippen LogP contribution in [-0.2, 0) is 16.1 Å². The predicted octanol–water partition coefficient (Wildman–Crippen LogP) is 3.94. The number of piperidine rings is 1. The summed E-state index contributed by atoms with van der Waals surface area (Å²) < 4.78 is 2.39. The van der Waals surface area contributed by atoms with Gasteiger partial charge in [0.1, 0.15) is 0 Å². The molecule has 1 aliphatic heterocycles. The number of hydrogen-bond donors (Lipinski definition) is 2. The van der Waals surface area contributed by atoms with E-state index in [0.717, 1.165) is 16.4 Å². The van der Waals surface area contributed by atoms with E-state index in [2.05, 4.69) is 15.5 Å². The lowest BCUT2D eigenvalue weighted by molar-refractivity contribution is -0.134. The number of hydrogen-bond acceptors (Lipinski definition) is 5. The average Bonchev–Trinajstić information content (AvgIpc) is 3.42. The molecule has 9 heteroatoms. The number of H-pyrrole nitrogens is 1. The molecule has 0 spiro atoms. The number of para-hydroxylation sites is 1. The summed E-state index contributed by atoms with van der Waals surface area (Å²) in [6, 6.07) is 13.4. The molecule has 1 saturated heterocycles. The maximum Gasteiger partial charge on any atom is 0.227 e. The van der Waals surface area contributed by atoms with Gasteiger partial charge in [0, 0.05) is 37.7 Å². The number of carbonyl (C=O) groups is 2. The zero-order valence-electron chi connectivity index (χ0n) is 16.4. The van der Waals surface area contributed by atoms with Crippen molar-refractivity contribution in [2.75, 3.05) is 18.4 Å². The van der Waals surface area contributed by atoms with Crippen LogP contribution in [0.4, 0.5) is 5.69 Å². The smallest absolute Gasteiger partial charge is 0.227 e. The van der Waals surface area contributed by atoms with Crippen LogP contribution in [0.25, 0.3) is 10.7 Å². The highest BCUT2D eigenvalue weighted by Gasteiger charge is 2.27. The average molecular weight is 442 g/mol. The van der Waals surface area contributed by atoms with Gasteiger partial charge in [-0.15, -0.1) is 11.3 Å². The summed E-state index contributed by atoms with van der Waals surface area (Å²) in [6.07, 6.45) is 1.71. The number of amides is 2. The van der Waals surface area contributed by atoms with Crippen LogP contribution >= 0.6 is 23.6 Å². The molecule has 1 fully saturated rings. The quantitative estimate of drug-likeness (QED) is 0.568. The second-order valence-electron chi connectivity index (χ2n) is 7.24. The SMILES string of the molecule is O=C(Nc1ccccc1)C1CCN(C(=O)CCn2c(-c3cccs3)n[nH]c2=S)CC1. The predicted molar refractivity (Wildman–Crippen MR) is 120 cm³/mol. The van der Waals surface area contributed by atoms with E-state index in [1.165, 1.54) is 0 Å². The zero-order chi connectivity index (χ0) is 20.9. The Kier molecular flexibility index (Phi) is 6.39. The van der Waals surface area contributed by atoms with E-state index in [1.807, 2.05) is 57.3 Å². The highest BCUT2D eigenvalue weighted by atomic mass is 32.1. The van der Waals surface area contributed by atoms with Gasteiger partial charge in [-0.2, -0.15) is 5.10 Å². The molecule has 0 saturated carbocycles. The van der Waals surface area contributed by atoms with Crippen molar-refractivity contribution in [1.29, 1.82) is 0 Å². The third-order valence-corrected chi connectivity index (χ3v) is 6.49. The van der Waals surface area contributed by atoms with Crippen LogP contribution in [0, 0.1) is 10.7 Å². The van der Waals surface area contributed by atoms with Gasteiger partial charge in [0.25, 0.3) is 0 Å². The van der Waals surface area contributed by atoms with Gasteiger partial charge in [0.2, 0.25) is 11.8 Å². The molecule has 0 unspecified atom stereocenters. The van der Waals surface area contributed by atoms with Crippen LogP contribution in [0.3, 0.4) is 0 Å². The Labute approximate surface area is 183 Å². The van der Waals surface area contributed by atoms with Crippen LogP contribution < -0.4 is 5.32 Å². The molecule has 4 rings (SSSR count). The fourth-order valence-corrected chi connectivity index (χ4v) is 4.59. The molecule has 1 aromatic carbocycles. The number of rotatable bonds is 6. The second-order valence-corrected chi connectivity index (χ2v) is 8.58. The van der Waals surface area contributed by atoms with Crippen molar-refractivity contribution in [3.05, 3.63) is 52.6 Å². The number of thiophene rings is 1. The fraction of sp³-hybridized carbons (Fsp3) is 0.333. The Hall–Kier alpha value is -2.78. The lowest BCUT2D eigenvalue weighted by atomic mass is 9.95. The minimum atomic E-state index is -0.0674. The van der Waals surface area contributed by atoms with Gasteiger partial charge < -0.3 is 10.2 Å². The Morgan fingerprint density at radius 2 is 1.93 bits per heavy atom. The van der Waals surface area contributed by atoms with Crippen molar-refractivity contribution in [3.63, 3.8) is 0 Å². The molecule has 3 heterocycles. The van der Waals surface area contributed by atoms with Crippen molar-refractivity contribution in [1.82, 2.24) is 19.7 Å². The molecule has 2 amide bonds. The number of anilines is 1. The van der Waals surface area contributed by atoms with Crippen LogP contribution in [-0.4, -0.2) is 44.6 Å². The van der Waals surface area contributed by atoms with E-state index in [0.29, 0.717) is 43.7 Å². The number of likely N-dealkylation sites (tertiary alicyclic amines) is 1. The minimum absolute atomic E-state index is 0.0265. The van der Waals surface area contributed by atoms with Crippen LogP contribution in [0.1, 0.15) is 19.3 Å². The molecule has 2 aromatic heterocycles. The topological polar surface area (TPSA) is 83.0 Å². The van der Waals surface area contributed by atoms with E-state index < -0.39 is 0 Å². The molecule has 0 radical (unpaired) electrons. The van der Waals surface area contributed by atoms with Crippen molar-refractivity contribution < 1.29 is 9.59 Å².